The molecule has 6 heteroatoms. The van der Waals surface area contributed by atoms with E-state index in [1.807, 2.05) is 38.4 Å². The molecule has 1 saturated heterocycles. The van der Waals surface area contributed by atoms with E-state index < -0.39 is 10.0 Å². The molecule has 1 atom stereocenters. The highest BCUT2D eigenvalue weighted by atomic mass is 32.2. The summed E-state index contributed by atoms with van der Waals surface area (Å²) >= 11 is 0. The number of nitrogens with zero attached hydrogens (tertiary/aromatic N) is 2. The van der Waals surface area contributed by atoms with Crippen molar-refractivity contribution in [3.8, 4) is 0 Å². The third-order valence-electron chi connectivity index (χ3n) is 4.03. The average molecular weight is 293 g/mol. The average Bonchev–Trinajstić information content (AvgIpc) is 3.06. The number of H-pyrrole nitrogens is 1. The van der Waals surface area contributed by atoms with Crippen LogP contribution in [0.25, 0.3) is 10.9 Å². The third-order valence-corrected chi connectivity index (χ3v) is 5.93. The second-order valence-electron chi connectivity index (χ2n) is 5.47. The molecule has 20 heavy (non-hydrogen) atoms. The highest BCUT2D eigenvalue weighted by molar-refractivity contribution is 7.89. The lowest BCUT2D eigenvalue weighted by atomic mass is 10.2. The van der Waals surface area contributed by atoms with E-state index in [1.165, 1.54) is 0 Å². The zero-order chi connectivity index (χ0) is 14.3. The largest absolute Gasteiger partial charge is 0.360 e. The molecule has 1 aromatic heterocycles. The molecular weight excluding hydrogens is 274 g/mol. The minimum Gasteiger partial charge on any atom is -0.360 e. The van der Waals surface area contributed by atoms with E-state index >= 15 is 0 Å². The molecule has 1 N–H and O–H groups in total. The Hall–Kier alpha value is -1.37. The van der Waals surface area contributed by atoms with Crippen molar-refractivity contribution in [2.75, 3.05) is 27.2 Å². The third kappa shape index (κ3) is 2.13. The van der Waals surface area contributed by atoms with Crippen LogP contribution in [0.15, 0.2) is 35.4 Å². The molecule has 0 unspecified atom stereocenters. The molecule has 1 aliphatic rings. The van der Waals surface area contributed by atoms with Crippen LogP contribution in [0.1, 0.15) is 6.42 Å². The summed E-state index contributed by atoms with van der Waals surface area (Å²) in [5, 5.41) is 0.765. The zero-order valence-corrected chi connectivity index (χ0v) is 12.5. The van der Waals surface area contributed by atoms with Gasteiger partial charge in [0, 0.05) is 36.2 Å². The van der Waals surface area contributed by atoms with E-state index in [9.17, 15) is 8.42 Å². The van der Waals surface area contributed by atoms with Crippen molar-refractivity contribution >= 4 is 20.9 Å². The molecule has 0 saturated carbocycles. The maximum absolute atomic E-state index is 12.8. The molecule has 1 aliphatic heterocycles. The molecule has 0 radical (unpaired) electrons. The normalized spacial score (nSPS) is 21.1. The number of para-hydroxylation sites is 1. The molecule has 0 amide bonds. The molecule has 3 rings (SSSR count). The summed E-state index contributed by atoms with van der Waals surface area (Å²) in [5.41, 5.74) is 0.856. The zero-order valence-electron chi connectivity index (χ0n) is 11.7. The van der Waals surface area contributed by atoms with Gasteiger partial charge in [0.05, 0.1) is 0 Å². The van der Waals surface area contributed by atoms with Gasteiger partial charge >= 0.3 is 0 Å². The van der Waals surface area contributed by atoms with Crippen molar-refractivity contribution in [3.05, 3.63) is 30.5 Å². The summed E-state index contributed by atoms with van der Waals surface area (Å²) in [7, 11) is 0.572. The van der Waals surface area contributed by atoms with Crippen molar-refractivity contribution < 1.29 is 8.42 Å². The van der Waals surface area contributed by atoms with Crippen molar-refractivity contribution in [1.29, 1.82) is 0 Å². The van der Waals surface area contributed by atoms with Crippen molar-refractivity contribution in [3.63, 3.8) is 0 Å². The van der Waals surface area contributed by atoms with Gasteiger partial charge in [0.2, 0.25) is 10.0 Å². The Morgan fingerprint density at radius 1 is 1.30 bits per heavy atom. The highest BCUT2D eigenvalue weighted by Crippen LogP contribution is 2.28. The van der Waals surface area contributed by atoms with E-state index in [4.69, 9.17) is 0 Å². The Balaban J connectivity index is 1.97. The first-order valence-electron chi connectivity index (χ1n) is 6.73. The second-order valence-corrected chi connectivity index (χ2v) is 7.37. The van der Waals surface area contributed by atoms with E-state index in [0.29, 0.717) is 24.0 Å². The number of aromatic amines is 1. The summed E-state index contributed by atoms with van der Waals surface area (Å²) in [6, 6.07) is 7.80. The van der Waals surface area contributed by atoms with Gasteiger partial charge in [-0.15, -0.1) is 0 Å². The Kier molecular flexibility index (Phi) is 3.32. The monoisotopic (exact) mass is 293 g/mol. The van der Waals surface area contributed by atoms with E-state index in [0.717, 1.165) is 17.3 Å². The Labute approximate surface area is 119 Å². The molecule has 0 aliphatic carbocycles. The lowest BCUT2D eigenvalue weighted by Gasteiger charge is -2.20. The molecule has 1 fully saturated rings. The number of nitrogens with one attached hydrogen (secondary N) is 1. The highest BCUT2D eigenvalue weighted by Gasteiger charge is 2.34. The maximum Gasteiger partial charge on any atom is 0.245 e. The number of fused-ring (bicyclic) bond motifs is 1. The number of sulfonamides is 1. The summed E-state index contributed by atoms with van der Waals surface area (Å²) in [6.07, 6.45) is 2.48. The summed E-state index contributed by atoms with van der Waals surface area (Å²) in [5.74, 6) is 0. The molecular formula is C14H19N3O2S. The molecule has 5 nitrogen and oxygen atoms in total. The Morgan fingerprint density at radius 2 is 2.05 bits per heavy atom. The van der Waals surface area contributed by atoms with Crippen LogP contribution in [-0.4, -0.2) is 55.8 Å². The summed E-state index contributed by atoms with van der Waals surface area (Å²) in [4.78, 5) is 5.51. The van der Waals surface area contributed by atoms with Crippen LogP contribution in [0, 0.1) is 0 Å². The first-order valence-corrected chi connectivity index (χ1v) is 8.17. The predicted molar refractivity (Wildman–Crippen MR) is 79.1 cm³/mol. The lowest BCUT2D eigenvalue weighted by Crippen LogP contribution is -2.34. The number of rotatable bonds is 3. The Morgan fingerprint density at radius 3 is 2.75 bits per heavy atom. The van der Waals surface area contributed by atoms with Crippen LogP contribution >= 0.6 is 0 Å². The standard InChI is InChI=1S/C14H19N3O2S/c1-16(2)11-7-8-17(10-11)20(18,19)14-9-15-13-6-4-3-5-12(13)14/h3-6,9,11,15H,7-8,10H2,1-2H3/t11-/m1/s1. The number of hydrogen-bond donors (Lipinski definition) is 1. The number of benzene rings is 1. The minimum absolute atomic E-state index is 0.301. The van der Waals surface area contributed by atoms with Gasteiger partial charge in [-0.2, -0.15) is 4.31 Å². The molecule has 0 spiro atoms. The number of hydrogen-bond acceptors (Lipinski definition) is 3. The predicted octanol–water partition coefficient (Wildman–Crippen LogP) is 1.49. The number of aromatic nitrogens is 1. The first kappa shape index (κ1) is 13.6. The second kappa shape index (κ2) is 4.87. The van der Waals surface area contributed by atoms with Gasteiger partial charge in [0.15, 0.2) is 0 Å². The van der Waals surface area contributed by atoms with Crippen LogP contribution in [-0.2, 0) is 10.0 Å². The van der Waals surface area contributed by atoms with Gasteiger partial charge in [-0.3, -0.25) is 0 Å². The van der Waals surface area contributed by atoms with Crippen LogP contribution in [0.5, 0.6) is 0 Å². The summed E-state index contributed by atoms with van der Waals surface area (Å²) in [6.45, 7) is 1.15. The topological polar surface area (TPSA) is 56.4 Å². The first-order chi connectivity index (χ1) is 9.50. The van der Waals surface area contributed by atoms with Crippen LogP contribution in [0.2, 0.25) is 0 Å². The molecule has 2 aromatic rings. The van der Waals surface area contributed by atoms with Gasteiger partial charge in [-0.25, -0.2) is 8.42 Å². The molecule has 0 bridgehead atoms. The molecule has 1 aromatic carbocycles. The van der Waals surface area contributed by atoms with Crippen molar-refractivity contribution in [2.24, 2.45) is 0 Å². The summed E-state index contributed by atoms with van der Waals surface area (Å²) < 4.78 is 27.1. The van der Waals surface area contributed by atoms with Crippen LogP contribution in [0.4, 0.5) is 0 Å². The van der Waals surface area contributed by atoms with E-state index in [1.54, 1.807) is 10.5 Å². The van der Waals surface area contributed by atoms with Crippen LogP contribution < -0.4 is 0 Å². The van der Waals surface area contributed by atoms with Gasteiger partial charge < -0.3 is 9.88 Å². The smallest absolute Gasteiger partial charge is 0.245 e. The van der Waals surface area contributed by atoms with E-state index in [2.05, 4.69) is 9.88 Å². The van der Waals surface area contributed by atoms with Gasteiger partial charge in [-0.05, 0) is 26.6 Å². The fourth-order valence-electron chi connectivity index (χ4n) is 2.75. The van der Waals surface area contributed by atoms with Crippen molar-refractivity contribution in [1.82, 2.24) is 14.2 Å². The van der Waals surface area contributed by atoms with Gasteiger partial charge in [0.25, 0.3) is 0 Å². The van der Waals surface area contributed by atoms with E-state index in [-0.39, 0.29) is 0 Å². The van der Waals surface area contributed by atoms with Crippen molar-refractivity contribution in [2.45, 2.75) is 17.4 Å². The Bertz CT molecular complexity index is 721. The lowest BCUT2D eigenvalue weighted by molar-refractivity contribution is 0.302. The fourth-order valence-corrected chi connectivity index (χ4v) is 4.40. The van der Waals surface area contributed by atoms with Gasteiger partial charge in [0.1, 0.15) is 4.90 Å². The molecule has 2 heterocycles. The maximum atomic E-state index is 12.8. The minimum atomic E-state index is -3.41. The van der Waals surface area contributed by atoms with Crippen LogP contribution in [0.3, 0.4) is 0 Å². The van der Waals surface area contributed by atoms with Gasteiger partial charge in [-0.1, -0.05) is 18.2 Å². The fraction of sp³-hybridized carbons (Fsp3) is 0.429. The number of likely N-dealkylation sites (N-methyl/N-ethyl adjacent to an activating group) is 1. The quantitative estimate of drug-likeness (QED) is 0.933. The SMILES string of the molecule is CN(C)[C@@H]1CCN(S(=O)(=O)c2c[nH]c3ccccc23)C1. The molecule has 108 valence electrons.